The minimum Gasteiger partial charge on any atom is -0.346 e. The van der Waals surface area contributed by atoms with Crippen molar-refractivity contribution in [3.05, 3.63) is 0 Å². The first kappa shape index (κ1) is 8.43. The van der Waals surface area contributed by atoms with Gasteiger partial charge in [0.05, 0.1) is 6.61 Å². The van der Waals surface area contributed by atoms with Gasteiger partial charge in [0.15, 0.2) is 0 Å². The normalized spacial score (nSPS) is 9.22. The second-order valence-corrected chi connectivity index (χ2v) is 2.00. The highest BCUT2D eigenvalue weighted by Crippen LogP contribution is 1.85. The van der Waals surface area contributed by atoms with Gasteiger partial charge in [-0.15, -0.1) is 0 Å². The van der Waals surface area contributed by atoms with Crippen LogP contribution in [0.25, 0.3) is 0 Å². The van der Waals surface area contributed by atoms with Crippen LogP contribution in [0.3, 0.4) is 0 Å². The molecule has 0 rings (SSSR count). The van der Waals surface area contributed by atoms with Crippen LogP contribution in [0.1, 0.15) is 13.3 Å². The second-order valence-electron chi connectivity index (χ2n) is 2.00. The van der Waals surface area contributed by atoms with Gasteiger partial charge in [-0.25, -0.2) is 5.11 Å². The molecule has 0 atom stereocenters. The number of amides is 1. The highest BCUT2D eigenvalue weighted by Gasteiger charge is 1.98. The van der Waals surface area contributed by atoms with Crippen molar-refractivity contribution in [1.82, 2.24) is 4.90 Å². The standard InChI is InChI=1S/C6H12NO2/c1-6(9)7(2)4-3-5-8/h3-5H2,1-2H3. The predicted octanol–water partition coefficient (Wildman–Crippen LogP) is 0.285. The van der Waals surface area contributed by atoms with Crippen LogP contribution in [-0.2, 0) is 9.90 Å². The molecule has 0 heterocycles. The summed E-state index contributed by atoms with van der Waals surface area (Å²) in [5, 5.41) is 9.92. The molecule has 3 nitrogen and oxygen atoms in total. The zero-order valence-electron chi connectivity index (χ0n) is 5.89. The fourth-order valence-corrected chi connectivity index (χ4v) is 0.459. The lowest BCUT2D eigenvalue weighted by molar-refractivity contribution is -0.127. The van der Waals surface area contributed by atoms with Gasteiger partial charge in [0.2, 0.25) is 5.91 Å². The summed E-state index contributed by atoms with van der Waals surface area (Å²) >= 11 is 0. The Morgan fingerprint density at radius 3 is 2.44 bits per heavy atom. The fourth-order valence-electron chi connectivity index (χ4n) is 0.459. The number of nitrogens with zero attached hydrogens (tertiary/aromatic N) is 1. The van der Waals surface area contributed by atoms with E-state index in [1.807, 2.05) is 0 Å². The molecule has 9 heavy (non-hydrogen) atoms. The highest BCUT2D eigenvalue weighted by atomic mass is 16.3. The van der Waals surface area contributed by atoms with Crippen molar-refractivity contribution >= 4 is 5.91 Å². The van der Waals surface area contributed by atoms with E-state index in [1.54, 1.807) is 7.05 Å². The molecule has 0 unspecified atom stereocenters. The van der Waals surface area contributed by atoms with E-state index < -0.39 is 0 Å². The molecule has 0 aliphatic rings. The van der Waals surface area contributed by atoms with E-state index in [4.69, 9.17) is 0 Å². The Labute approximate surface area is 55.3 Å². The average Bonchev–Trinajstić information content (AvgIpc) is 1.82. The lowest BCUT2D eigenvalue weighted by atomic mass is 10.4. The molecule has 1 radical (unpaired) electrons. The Bertz CT molecular complexity index is 93.1. The summed E-state index contributed by atoms with van der Waals surface area (Å²) in [4.78, 5) is 12.0. The minimum atomic E-state index is -0.0996. The zero-order chi connectivity index (χ0) is 7.28. The smallest absolute Gasteiger partial charge is 0.219 e. The van der Waals surface area contributed by atoms with E-state index >= 15 is 0 Å². The molecule has 0 aromatic heterocycles. The van der Waals surface area contributed by atoms with Gasteiger partial charge in [0.25, 0.3) is 0 Å². The topological polar surface area (TPSA) is 40.2 Å². The van der Waals surface area contributed by atoms with Crippen molar-refractivity contribution < 1.29 is 9.90 Å². The fraction of sp³-hybridized carbons (Fsp3) is 0.833. The van der Waals surface area contributed by atoms with E-state index in [1.165, 1.54) is 11.8 Å². The van der Waals surface area contributed by atoms with Crippen LogP contribution >= 0.6 is 0 Å². The first-order valence-corrected chi connectivity index (χ1v) is 2.98. The van der Waals surface area contributed by atoms with Crippen LogP contribution in [-0.4, -0.2) is 31.0 Å². The van der Waals surface area contributed by atoms with Crippen LogP contribution in [0.2, 0.25) is 0 Å². The van der Waals surface area contributed by atoms with Crippen molar-refractivity contribution in [2.75, 3.05) is 20.2 Å². The second kappa shape index (κ2) is 4.32. The van der Waals surface area contributed by atoms with E-state index in [-0.39, 0.29) is 12.5 Å². The molecule has 0 aliphatic carbocycles. The van der Waals surface area contributed by atoms with Crippen molar-refractivity contribution in [3.8, 4) is 0 Å². The third kappa shape index (κ3) is 3.97. The van der Waals surface area contributed by atoms with Gasteiger partial charge in [-0.2, -0.15) is 0 Å². The van der Waals surface area contributed by atoms with Gasteiger partial charge in [-0.3, -0.25) is 4.79 Å². The third-order valence-corrected chi connectivity index (χ3v) is 1.18. The number of carbonyl (C=O) groups is 1. The molecule has 0 bridgehead atoms. The summed E-state index contributed by atoms with van der Waals surface area (Å²) in [5.41, 5.74) is 0. The quantitative estimate of drug-likeness (QED) is 0.541. The van der Waals surface area contributed by atoms with Gasteiger partial charge in [-0.05, 0) is 6.42 Å². The molecule has 1 amide bonds. The summed E-state index contributed by atoms with van der Waals surface area (Å²) in [7, 11) is 1.69. The number of hydrogen-bond acceptors (Lipinski definition) is 1. The molecule has 0 aliphatic heterocycles. The number of carbonyl (C=O) groups excluding carboxylic acids is 1. The maximum absolute atomic E-state index is 10.5. The molecule has 3 heteroatoms. The Morgan fingerprint density at radius 2 is 2.11 bits per heavy atom. The Balaban J connectivity index is 3.27. The molecular formula is C6H12NO2. The molecular weight excluding hydrogens is 118 g/mol. The van der Waals surface area contributed by atoms with Crippen LogP contribution in [0.5, 0.6) is 0 Å². The van der Waals surface area contributed by atoms with Gasteiger partial charge in [0, 0.05) is 20.5 Å². The van der Waals surface area contributed by atoms with Crippen LogP contribution in [0.4, 0.5) is 0 Å². The molecule has 0 spiro atoms. The lowest BCUT2D eigenvalue weighted by Gasteiger charge is -2.12. The van der Waals surface area contributed by atoms with E-state index in [2.05, 4.69) is 0 Å². The van der Waals surface area contributed by atoms with Gasteiger partial charge in [0.1, 0.15) is 0 Å². The molecule has 0 aromatic carbocycles. The average molecular weight is 130 g/mol. The summed E-state index contributed by atoms with van der Waals surface area (Å²) in [5.74, 6) is 0.0171. The number of rotatable bonds is 3. The van der Waals surface area contributed by atoms with Crippen LogP contribution in [0, 0.1) is 0 Å². The maximum Gasteiger partial charge on any atom is 0.219 e. The maximum atomic E-state index is 10.5. The molecule has 0 saturated heterocycles. The predicted molar refractivity (Wildman–Crippen MR) is 33.5 cm³/mol. The third-order valence-electron chi connectivity index (χ3n) is 1.18. The van der Waals surface area contributed by atoms with E-state index in [0.29, 0.717) is 13.0 Å². The SMILES string of the molecule is CC(=O)N(C)CCC[O]. The largest absolute Gasteiger partial charge is 0.346 e. The Morgan fingerprint density at radius 1 is 1.56 bits per heavy atom. The molecule has 53 valence electrons. The molecule has 0 saturated carbocycles. The van der Waals surface area contributed by atoms with E-state index in [0.717, 1.165) is 0 Å². The lowest BCUT2D eigenvalue weighted by Crippen LogP contribution is -2.25. The minimum absolute atomic E-state index is 0.0171. The van der Waals surface area contributed by atoms with Gasteiger partial charge in [-0.1, -0.05) is 0 Å². The monoisotopic (exact) mass is 130 g/mol. The van der Waals surface area contributed by atoms with Gasteiger partial charge < -0.3 is 4.90 Å². The van der Waals surface area contributed by atoms with Gasteiger partial charge >= 0.3 is 0 Å². The van der Waals surface area contributed by atoms with Crippen LogP contribution < -0.4 is 0 Å². The van der Waals surface area contributed by atoms with Crippen molar-refractivity contribution in [3.63, 3.8) is 0 Å². The zero-order valence-corrected chi connectivity index (χ0v) is 5.89. The molecule has 0 aromatic rings. The summed E-state index contributed by atoms with van der Waals surface area (Å²) in [6, 6.07) is 0. The Hall–Kier alpha value is -0.570. The van der Waals surface area contributed by atoms with Crippen molar-refractivity contribution in [2.45, 2.75) is 13.3 Å². The Kier molecular flexibility index (Phi) is 4.05. The summed E-state index contributed by atoms with van der Waals surface area (Å²) in [6.45, 7) is 1.97. The summed E-state index contributed by atoms with van der Waals surface area (Å²) in [6.07, 6.45) is 0.552. The highest BCUT2D eigenvalue weighted by molar-refractivity contribution is 5.72. The summed E-state index contributed by atoms with van der Waals surface area (Å²) < 4.78 is 0. The van der Waals surface area contributed by atoms with Crippen LogP contribution in [0.15, 0.2) is 0 Å². The first-order valence-electron chi connectivity index (χ1n) is 2.98. The van der Waals surface area contributed by atoms with Crippen molar-refractivity contribution in [2.24, 2.45) is 0 Å². The molecule has 0 fully saturated rings. The number of hydrogen-bond donors (Lipinski definition) is 0. The van der Waals surface area contributed by atoms with Crippen molar-refractivity contribution in [1.29, 1.82) is 0 Å². The van der Waals surface area contributed by atoms with E-state index in [9.17, 15) is 9.90 Å². The molecule has 0 N–H and O–H groups in total. The first-order chi connectivity index (χ1) is 4.18.